The number of benzene rings is 1. The predicted octanol–water partition coefficient (Wildman–Crippen LogP) is 3.32. The molecule has 0 radical (unpaired) electrons. The number of rotatable bonds is 0. The molecule has 0 saturated carbocycles. The van der Waals surface area contributed by atoms with Gasteiger partial charge in [-0.2, -0.15) is 0 Å². The molecule has 1 aromatic rings. The Morgan fingerprint density at radius 3 is 2.67 bits per heavy atom. The molecule has 1 nitrogen and oxygen atoms in total. The molecule has 0 aromatic heterocycles. The van der Waals surface area contributed by atoms with Crippen LogP contribution in [0.15, 0.2) is 18.2 Å². The van der Waals surface area contributed by atoms with Gasteiger partial charge in [0, 0.05) is 6.04 Å². The lowest BCUT2D eigenvalue weighted by molar-refractivity contribution is 0.557. The Kier molecular flexibility index (Phi) is 2.59. The summed E-state index contributed by atoms with van der Waals surface area (Å²) in [6, 6.07) is 7.11. The van der Waals surface area contributed by atoms with Gasteiger partial charge in [-0.05, 0) is 41.4 Å². The second-order valence-corrected chi connectivity index (χ2v) is 5.66. The van der Waals surface area contributed by atoms with Crippen molar-refractivity contribution in [2.75, 3.05) is 0 Å². The second-order valence-electron chi connectivity index (χ2n) is 5.66. The zero-order chi connectivity index (χ0) is 11.1. The fraction of sp³-hybridized carbons (Fsp3) is 0.571. The van der Waals surface area contributed by atoms with Gasteiger partial charge in [0.25, 0.3) is 0 Å². The summed E-state index contributed by atoms with van der Waals surface area (Å²) in [7, 11) is 0. The molecule has 1 aliphatic rings. The molecule has 2 rings (SSSR count). The van der Waals surface area contributed by atoms with Gasteiger partial charge in [-0.3, -0.25) is 0 Å². The maximum atomic E-state index is 6.16. The first kappa shape index (κ1) is 10.7. The summed E-state index contributed by atoms with van der Waals surface area (Å²) in [4.78, 5) is 0. The van der Waals surface area contributed by atoms with Crippen molar-refractivity contribution >= 4 is 0 Å². The molecule has 1 aliphatic carbocycles. The molecule has 0 amide bonds. The minimum Gasteiger partial charge on any atom is -0.324 e. The number of hydrogen-bond acceptors (Lipinski definition) is 1. The van der Waals surface area contributed by atoms with Crippen LogP contribution in [0.3, 0.4) is 0 Å². The van der Waals surface area contributed by atoms with Gasteiger partial charge in [-0.15, -0.1) is 0 Å². The van der Waals surface area contributed by atoms with Gasteiger partial charge in [0.1, 0.15) is 0 Å². The second kappa shape index (κ2) is 3.64. The van der Waals surface area contributed by atoms with Crippen molar-refractivity contribution in [1.29, 1.82) is 0 Å². The Bertz CT molecular complexity index is 360. The normalized spacial score (nSPS) is 21.2. The van der Waals surface area contributed by atoms with Gasteiger partial charge in [0.2, 0.25) is 0 Å². The maximum Gasteiger partial charge on any atom is 0.0297 e. The Morgan fingerprint density at radius 2 is 2.00 bits per heavy atom. The lowest BCUT2D eigenvalue weighted by Crippen LogP contribution is -2.19. The Balaban J connectivity index is 2.44. The molecule has 1 unspecified atom stereocenters. The number of aryl methyl sites for hydroxylation is 1. The molecule has 0 heterocycles. The molecule has 0 spiro atoms. The molecular weight excluding hydrogens is 182 g/mol. The van der Waals surface area contributed by atoms with Crippen LogP contribution >= 0.6 is 0 Å². The molecule has 0 aliphatic heterocycles. The van der Waals surface area contributed by atoms with E-state index < -0.39 is 0 Å². The van der Waals surface area contributed by atoms with E-state index in [1.165, 1.54) is 29.5 Å². The maximum absolute atomic E-state index is 6.16. The fourth-order valence-electron chi connectivity index (χ4n) is 2.30. The average Bonchev–Trinajstić information content (AvgIpc) is 2.16. The highest BCUT2D eigenvalue weighted by Crippen LogP contribution is 2.32. The van der Waals surface area contributed by atoms with Gasteiger partial charge in [-0.1, -0.05) is 39.0 Å². The van der Waals surface area contributed by atoms with E-state index >= 15 is 0 Å². The summed E-state index contributed by atoms with van der Waals surface area (Å²) >= 11 is 0. The van der Waals surface area contributed by atoms with Crippen LogP contribution in [0.4, 0.5) is 0 Å². The van der Waals surface area contributed by atoms with Gasteiger partial charge >= 0.3 is 0 Å². The highest BCUT2D eigenvalue weighted by molar-refractivity contribution is 5.38. The summed E-state index contributed by atoms with van der Waals surface area (Å²) in [5.41, 5.74) is 10.6. The third-order valence-corrected chi connectivity index (χ3v) is 3.37. The smallest absolute Gasteiger partial charge is 0.0297 e. The summed E-state index contributed by atoms with van der Waals surface area (Å²) < 4.78 is 0. The van der Waals surface area contributed by atoms with Crippen LogP contribution in [0.25, 0.3) is 0 Å². The van der Waals surface area contributed by atoms with Crippen LogP contribution in [0.2, 0.25) is 0 Å². The molecular formula is C14H21N. The van der Waals surface area contributed by atoms with Crippen LogP contribution in [0, 0.1) is 0 Å². The number of fused-ring (bicyclic) bond motifs is 1. The average molecular weight is 203 g/mol. The largest absolute Gasteiger partial charge is 0.324 e. The van der Waals surface area contributed by atoms with E-state index in [-0.39, 0.29) is 11.5 Å². The summed E-state index contributed by atoms with van der Waals surface area (Å²) in [5.74, 6) is 0. The molecule has 1 aromatic carbocycles. The zero-order valence-corrected chi connectivity index (χ0v) is 10.0. The van der Waals surface area contributed by atoms with E-state index in [2.05, 4.69) is 39.0 Å². The van der Waals surface area contributed by atoms with Gasteiger partial charge in [-0.25, -0.2) is 0 Å². The first-order valence-corrected chi connectivity index (χ1v) is 5.87. The number of hydrogen-bond donors (Lipinski definition) is 1. The number of nitrogens with two attached hydrogens (primary N) is 1. The molecule has 1 heteroatoms. The lowest BCUT2D eigenvalue weighted by atomic mass is 9.81. The van der Waals surface area contributed by atoms with Crippen molar-refractivity contribution in [1.82, 2.24) is 0 Å². The first-order valence-electron chi connectivity index (χ1n) is 5.87. The third-order valence-electron chi connectivity index (χ3n) is 3.37. The molecule has 0 fully saturated rings. The van der Waals surface area contributed by atoms with Crippen LogP contribution in [0.5, 0.6) is 0 Å². The third kappa shape index (κ3) is 2.07. The van der Waals surface area contributed by atoms with Crippen molar-refractivity contribution in [3.63, 3.8) is 0 Å². The van der Waals surface area contributed by atoms with E-state index in [9.17, 15) is 0 Å². The van der Waals surface area contributed by atoms with Crippen molar-refractivity contribution in [3.8, 4) is 0 Å². The molecule has 0 bridgehead atoms. The standard InChI is InChI=1S/C14H21N/c1-14(2,3)11-8-7-10-5-4-6-13(15)12(10)9-11/h7-9,13H,4-6,15H2,1-3H3. The molecule has 2 N–H and O–H groups in total. The van der Waals surface area contributed by atoms with E-state index in [1.54, 1.807) is 0 Å². The van der Waals surface area contributed by atoms with Gasteiger partial charge < -0.3 is 5.73 Å². The highest BCUT2D eigenvalue weighted by Gasteiger charge is 2.20. The van der Waals surface area contributed by atoms with Crippen LogP contribution in [-0.4, -0.2) is 0 Å². The van der Waals surface area contributed by atoms with Gasteiger partial charge in [0.15, 0.2) is 0 Å². The predicted molar refractivity (Wildman–Crippen MR) is 65.0 cm³/mol. The van der Waals surface area contributed by atoms with E-state index in [1.807, 2.05) is 0 Å². The van der Waals surface area contributed by atoms with E-state index in [0.29, 0.717) is 0 Å². The van der Waals surface area contributed by atoms with E-state index in [4.69, 9.17) is 5.73 Å². The molecule has 0 saturated heterocycles. The van der Waals surface area contributed by atoms with Crippen molar-refractivity contribution in [3.05, 3.63) is 34.9 Å². The quantitative estimate of drug-likeness (QED) is 0.687. The Hall–Kier alpha value is -0.820. The Morgan fingerprint density at radius 1 is 1.27 bits per heavy atom. The highest BCUT2D eigenvalue weighted by atomic mass is 14.6. The molecule has 15 heavy (non-hydrogen) atoms. The summed E-state index contributed by atoms with van der Waals surface area (Å²) in [6.45, 7) is 6.76. The minimum atomic E-state index is 0.228. The van der Waals surface area contributed by atoms with Crippen LogP contribution in [-0.2, 0) is 11.8 Å². The van der Waals surface area contributed by atoms with Crippen LogP contribution in [0.1, 0.15) is 56.3 Å². The first-order chi connectivity index (χ1) is 6.98. The lowest BCUT2D eigenvalue weighted by Gasteiger charge is -2.26. The summed E-state index contributed by atoms with van der Waals surface area (Å²) in [5, 5.41) is 0. The van der Waals surface area contributed by atoms with Crippen LogP contribution < -0.4 is 5.73 Å². The molecule has 1 atom stereocenters. The molecule has 82 valence electrons. The topological polar surface area (TPSA) is 26.0 Å². The van der Waals surface area contributed by atoms with Crippen molar-refractivity contribution in [2.24, 2.45) is 5.73 Å². The Labute approximate surface area is 92.7 Å². The summed E-state index contributed by atoms with van der Waals surface area (Å²) in [6.07, 6.45) is 3.58. The van der Waals surface area contributed by atoms with Crippen molar-refractivity contribution in [2.45, 2.75) is 51.5 Å². The van der Waals surface area contributed by atoms with Crippen molar-refractivity contribution < 1.29 is 0 Å². The fourth-order valence-corrected chi connectivity index (χ4v) is 2.30. The van der Waals surface area contributed by atoms with E-state index in [0.717, 1.165) is 6.42 Å². The SMILES string of the molecule is CC(C)(C)c1ccc2c(c1)C(N)CCC2. The van der Waals surface area contributed by atoms with Gasteiger partial charge in [0.05, 0.1) is 0 Å². The monoisotopic (exact) mass is 203 g/mol. The zero-order valence-electron chi connectivity index (χ0n) is 10.0. The minimum absolute atomic E-state index is 0.228.